The van der Waals surface area contributed by atoms with Crippen molar-refractivity contribution in [1.29, 1.82) is 0 Å². The van der Waals surface area contributed by atoms with E-state index in [2.05, 4.69) is 0 Å². The van der Waals surface area contributed by atoms with Crippen molar-refractivity contribution in [1.82, 2.24) is 4.90 Å². The lowest BCUT2D eigenvalue weighted by Gasteiger charge is -1.99. The normalized spacial score (nSPS) is 28.5. The Morgan fingerprint density at radius 3 is 3.00 bits per heavy atom. The molecule has 1 rings (SSSR count). The zero-order valence-corrected chi connectivity index (χ0v) is 6.62. The number of carboxylic acid groups (broad SMARTS) is 1. The van der Waals surface area contributed by atoms with E-state index in [4.69, 9.17) is 9.84 Å². The summed E-state index contributed by atoms with van der Waals surface area (Å²) in [6.07, 6.45) is 0.917. The van der Waals surface area contributed by atoms with Gasteiger partial charge in [-0.2, -0.15) is 0 Å². The third-order valence-corrected chi connectivity index (χ3v) is 1.79. The minimum absolute atomic E-state index is 0.216. The van der Waals surface area contributed by atoms with Crippen LogP contribution in [0, 0.1) is 0 Å². The average Bonchev–Trinajstić information content (AvgIpc) is 2.68. The van der Waals surface area contributed by atoms with Crippen molar-refractivity contribution in [3.63, 3.8) is 0 Å². The fraction of sp³-hybridized carbons (Fsp3) is 0.857. The Kier molecular flexibility index (Phi) is 2.84. The summed E-state index contributed by atoms with van der Waals surface area (Å²) >= 11 is 0. The molecule has 0 radical (unpaired) electrons. The molecule has 0 aromatic carbocycles. The van der Waals surface area contributed by atoms with Crippen molar-refractivity contribution < 1.29 is 14.6 Å². The first-order chi connectivity index (χ1) is 5.25. The van der Waals surface area contributed by atoms with Crippen LogP contribution < -0.4 is 0 Å². The van der Waals surface area contributed by atoms with Gasteiger partial charge in [-0.05, 0) is 6.42 Å². The number of methoxy groups -OCH3 is 1. The highest BCUT2D eigenvalue weighted by molar-refractivity contribution is 5.76. The molecule has 11 heavy (non-hydrogen) atoms. The number of rotatable bonds is 5. The predicted octanol–water partition coefficient (Wildman–Crippen LogP) is -0.208. The molecule has 1 heterocycles. The Morgan fingerprint density at radius 1 is 1.82 bits per heavy atom. The fourth-order valence-corrected chi connectivity index (χ4v) is 1.07. The predicted molar refractivity (Wildman–Crippen MR) is 39.5 cm³/mol. The van der Waals surface area contributed by atoms with Gasteiger partial charge < -0.3 is 9.84 Å². The molecule has 1 saturated heterocycles. The maximum atomic E-state index is 10.3. The molecule has 1 N–H and O–H groups in total. The number of aliphatic carboxylic acids is 1. The van der Waals surface area contributed by atoms with Crippen molar-refractivity contribution in [3.8, 4) is 0 Å². The van der Waals surface area contributed by atoms with Gasteiger partial charge in [0.1, 0.15) is 6.04 Å². The minimum Gasteiger partial charge on any atom is -0.480 e. The van der Waals surface area contributed by atoms with E-state index in [1.165, 1.54) is 0 Å². The van der Waals surface area contributed by atoms with Crippen LogP contribution in [0.1, 0.15) is 6.42 Å². The highest BCUT2D eigenvalue weighted by Crippen LogP contribution is 2.16. The molecule has 64 valence electrons. The van der Waals surface area contributed by atoms with Gasteiger partial charge in [0.05, 0.1) is 0 Å². The molecule has 4 nitrogen and oxygen atoms in total. The summed E-state index contributed by atoms with van der Waals surface area (Å²) in [5.41, 5.74) is 0. The molecule has 0 amide bonds. The monoisotopic (exact) mass is 159 g/mol. The van der Waals surface area contributed by atoms with E-state index in [0.717, 1.165) is 13.0 Å². The van der Waals surface area contributed by atoms with Crippen molar-refractivity contribution in [2.45, 2.75) is 12.5 Å². The molecule has 0 aromatic rings. The second-order valence-electron chi connectivity index (χ2n) is 2.70. The van der Waals surface area contributed by atoms with E-state index in [1.54, 1.807) is 7.11 Å². The number of carboxylic acids is 1. The number of nitrogens with zero attached hydrogens (tertiary/aromatic N) is 1. The lowest BCUT2D eigenvalue weighted by Crippen LogP contribution is -2.13. The third-order valence-electron chi connectivity index (χ3n) is 1.79. The molecule has 0 spiro atoms. The molecule has 0 saturated carbocycles. The largest absolute Gasteiger partial charge is 0.480 e. The van der Waals surface area contributed by atoms with Crippen LogP contribution in [0.5, 0.6) is 0 Å². The van der Waals surface area contributed by atoms with E-state index in [0.29, 0.717) is 13.2 Å². The van der Waals surface area contributed by atoms with Crippen LogP contribution in [0.2, 0.25) is 0 Å². The van der Waals surface area contributed by atoms with Gasteiger partial charge in [0.15, 0.2) is 0 Å². The zero-order valence-electron chi connectivity index (χ0n) is 6.62. The summed E-state index contributed by atoms with van der Waals surface area (Å²) in [4.78, 5) is 12.2. The Labute approximate surface area is 65.8 Å². The van der Waals surface area contributed by atoms with E-state index in [1.807, 2.05) is 4.90 Å². The van der Waals surface area contributed by atoms with Crippen LogP contribution in [-0.2, 0) is 9.53 Å². The van der Waals surface area contributed by atoms with Gasteiger partial charge in [-0.3, -0.25) is 9.69 Å². The van der Waals surface area contributed by atoms with Crippen molar-refractivity contribution in [2.75, 3.05) is 26.8 Å². The third kappa shape index (κ3) is 2.48. The molecule has 0 aliphatic carbocycles. The van der Waals surface area contributed by atoms with Gasteiger partial charge in [-0.1, -0.05) is 0 Å². The van der Waals surface area contributed by atoms with Crippen molar-refractivity contribution in [2.24, 2.45) is 0 Å². The second-order valence-corrected chi connectivity index (χ2v) is 2.70. The first-order valence-electron chi connectivity index (χ1n) is 3.71. The Hall–Kier alpha value is -0.610. The maximum Gasteiger partial charge on any atom is 0.322 e. The molecule has 1 aliphatic rings. The van der Waals surface area contributed by atoms with Gasteiger partial charge in [-0.25, -0.2) is 0 Å². The average molecular weight is 159 g/mol. The molecule has 0 aromatic heterocycles. The number of hydrogen-bond donors (Lipinski definition) is 1. The minimum atomic E-state index is -0.706. The van der Waals surface area contributed by atoms with Crippen LogP contribution >= 0.6 is 0 Å². The van der Waals surface area contributed by atoms with E-state index in [-0.39, 0.29) is 6.04 Å². The fourth-order valence-electron chi connectivity index (χ4n) is 1.07. The summed E-state index contributed by atoms with van der Waals surface area (Å²) in [6.45, 7) is 2.26. The van der Waals surface area contributed by atoms with E-state index < -0.39 is 5.97 Å². The molecule has 2 atom stereocenters. The van der Waals surface area contributed by atoms with Gasteiger partial charge in [0.2, 0.25) is 0 Å². The first-order valence-corrected chi connectivity index (χ1v) is 3.71. The molecule has 2 unspecified atom stereocenters. The smallest absolute Gasteiger partial charge is 0.322 e. The summed E-state index contributed by atoms with van der Waals surface area (Å²) in [7, 11) is 1.65. The number of hydrogen-bond acceptors (Lipinski definition) is 3. The Morgan fingerprint density at radius 2 is 2.55 bits per heavy atom. The van der Waals surface area contributed by atoms with Crippen LogP contribution in [-0.4, -0.2) is 48.8 Å². The zero-order chi connectivity index (χ0) is 8.27. The quantitative estimate of drug-likeness (QED) is 0.445. The molecular weight excluding hydrogens is 146 g/mol. The van der Waals surface area contributed by atoms with Crippen molar-refractivity contribution >= 4 is 5.97 Å². The SMILES string of the molecule is COCCCN1CC1C(=O)O. The Balaban J connectivity index is 2.00. The van der Waals surface area contributed by atoms with Crippen LogP contribution in [0.25, 0.3) is 0 Å². The summed E-state index contributed by atoms with van der Waals surface area (Å²) < 4.78 is 4.84. The molecule has 4 heteroatoms. The summed E-state index contributed by atoms with van der Waals surface area (Å²) in [6, 6.07) is -0.216. The van der Waals surface area contributed by atoms with Gasteiger partial charge in [-0.15, -0.1) is 0 Å². The second kappa shape index (κ2) is 3.69. The summed E-state index contributed by atoms with van der Waals surface area (Å²) in [5, 5.41) is 8.51. The molecule has 1 fully saturated rings. The van der Waals surface area contributed by atoms with Gasteiger partial charge in [0.25, 0.3) is 0 Å². The van der Waals surface area contributed by atoms with E-state index in [9.17, 15) is 4.79 Å². The molecule has 0 bridgehead atoms. The van der Waals surface area contributed by atoms with Crippen LogP contribution in [0.15, 0.2) is 0 Å². The standard InChI is InChI=1S/C7H13NO3/c1-11-4-2-3-8-5-6(8)7(9)10/h6H,2-5H2,1H3,(H,9,10). The highest BCUT2D eigenvalue weighted by atomic mass is 16.5. The van der Waals surface area contributed by atoms with Crippen molar-refractivity contribution in [3.05, 3.63) is 0 Å². The number of ether oxygens (including phenoxy) is 1. The first kappa shape index (κ1) is 8.49. The molecular formula is C7H13NO3. The lowest BCUT2D eigenvalue weighted by molar-refractivity contribution is -0.137. The van der Waals surface area contributed by atoms with E-state index >= 15 is 0 Å². The topological polar surface area (TPSA) is 49.5 Å². The Bertz CT molecular complexity index is 149. The highest BCUT2D eigenvalue weighted by Gasteiger charge is 2.39. The maximum absolute atomic E-state index is 10.3. The van der Waals surface area contributed by atoms with Crippen LogP contribution in [0.3, 0.4) is 0 Å². The number of carbonyl (C=O) groups is 1. The van der Waals surface area contributed by atoms with Gasteiger partial charge in [0, 0.05) is 26.8 Å². The van der Waals surface area contributed by atoms with Gasteiger partial charge >= 0.3 is 5.97 Å². The summed E-state index contributed by atoms with van der Waals surface area (Å²) in [5.74, 6) is -0.706. The molecule has 1 aliphatic heterocycles. The lowest BCUT2D eigenvalue weighted by atomic mass is 10.4. The van der Waals surface area contributed by atoms with Crippen LogP contribution in [0.4, 0.5) is 0 Å².